The van der Waals surface area contributed by atoms with Crippen LogP contribution in [0.3, 0.4) is 0 Å². The molecular weight excluding hydrogens is 150 g/mol. The van der Waals surface area contributed by atoms with Gasteiger partial charge in [-0.2, -0.15) is 0 Å². The fraction of sp³-hybridized carbons (Fsp3) is 1.00. The van der Waals surface area contributed by atoms with Gasteiger partial charge in [-0.15, -0.1) is 0 Å². The van der Waals surface area contributed by atoms with Crippen LogP contribution in [0.25, 0.3) is 0 Å². The first-order valence-electron chi connectivity index (χ1n) is 5.31. The first-order valence-corrected chi connectivity index (χ1v) is 5.31. The van der Waals surface area contributed by atoms with Crippen LogP contribution in [-0.2, 0) is 4.74 Å². The third kappa shape index (κ3) is 2.20. The molecule has 0 aromatic rings. The lowest BCUT2D eigenvalue weighted by molar-refractivity contribution is -0.0197. The van der Waals surface area contributed by atoms with E-state index in [1.165, 1.54) is 38.5 Å². The Labute approximate surface area is 74.7 Å². The summed E-state index contributed by atoms with van der Waals surface area (Å²) in [6.45, 7) is 2.23. The minimum Gasteiger partial charge on any atom is -0.374 e. The van der Waals surface area contributed by atoms with Crippen molar-refractivity contribution in [3.63, 3.8) is 0 Å². The summed E-state index contributed by atoms with van der Waals surface area (Å²) in [6.07, 6.45) is 9.11. The third-order valence-corrected chi connectivity index (χ3v) is 2.95. The second-order valence-corrected chi connectivity index (χ2v) is 4.01. The Balaban J connectivity index is 1.69. The molecule has 1 aliphatic heterocycles. The molecule has 1 heterocycles. The van der Waals surface area contributed by atoms with Gasteiger partial charge in [0, 0.05) is 6.54 Å². The molecule has 12 heavy (non-hydrogen) atoms. The van der Waals surface area contributed by atoms with E-state index in [4.69, 9.17) is 4.74 Å². The molecule has 2 heteroatoms. The summed E-state index contributed by atoms with van der Waals surface area (Å²) in [5.74, 6) is 0. The molecule has 0 aromatic heterocycles. The molecule has 1 saturated carbocycles. The Morgan fingerprint density at radius 2 is 1.75 bits per heavy atom. The lowest BCUT2D eigenvalue weighted by atomic mass is 9.97. The minimum absolute atomic E-state index is 0.521. The topological polar surface area (TPSA) is 21.3 Å². The molecule has 1 saturated heterocycles. The van der Waals surface area contributed by atoms with Crippen LogP contribution in [0.5, 0.6) is 0 Å². The lowest BCUT2D eigenvalue weighted by Crippen LogP contribution is -2.25. The Bertz CT molecular complexity index is 126. The molecule has 70 valence electrons. The number of rotatable bonds is 2. The van der Waals surface area contributed by atoms with Crippen molar-refractivity contribution in [2.45, 2.75) is 50.7 Å². The van der Waals surface area contributed by atoms with Gasteiger partial charge in [0.25, 0.3) is 0 Å². The van der Waals surface area contributed by atoms with Crippen LogP contribution < -0.4 is 5.32 Å². The lowest BCUT2D eigenvalue weighted by Gasteiger charge is -2.25. The number of hydrogen-bond donors (Lipinski definition) is 1. The summed E-state index contributed by atoms with van der Waals surface area (Å²) < 4.78 is 5.99. The number of nitrogens with one attached hydrogen (secondary N) is 1. The largest absolute Gasteiger partial charge is 0.374 e. The van der Waals surface area contributed by atoms with E-state index >= 15 is 0 Å². The van der Waals surface area contributed by atoms with Crippen molar-refractivity contribution in [3.05, 3.63) is 0 Å². The molecule has 0 aromatic carbocycles. The van der Waals surface area contributed by atoms with Gasteiger partial charge in [0.05, 0.1) is 12.2 Å². The molecule has 2 rings (SSSR count). The van der Waals surface area contributed by atoms with Gasteiger partial charge in [-0.25, -0.2) is 0 Å². The van der Waals surface area contributed by atoms with Crippen molar-refractivity contribution >= 4 is 0 Å². The van der Waals surface area contributed by atoms with Gasteiger partial charge < -0.3 is 10.1 Å². The molecule has 0 unspecified atom stereocenters. The van der Waals surface area contributed by atoms with Crippen LogP contribution in [0.15, 0.2) is 0 Å². The van der Waals surface area contributed by atoms with Crippen LogP contribution in [-0.4, -0.2) is 25.3 Å². The van der Waals surface area contributed by atoms with E-state index in [0.29, 0.717) is 12.2 Å². The van der Waals surface area contributed by atoms with Gasteiger partial charge in [-0.05, 0) is 25.8 Å². The van der Waals surface area contributed by atoms with E-state index in [-0.39, 0.29) is 0 Å². The SMILES string of the molecule is C1CCC(O[C@H]2CCNC2)CC1. The van der Waals surface area contributed by atoms with Crippen LogP contribution in [0, 0.1) is 0 Å². The summed E-state index contributed by atoms with van der Waals surface area (Å²) >= 11 is 0. The summed E-state index contributed by atoms with van der Waals surface area (Å²) in [5, 5.41) is 3.34. The molecular formula is C10H19NO. The van der Waals surface area contributed by atoms with Crippen LogP contribution in [0.1, 0.15) is 38.5 Å². The van der Waals surface area contributed by atoms with Gasteiger partial charge >= 0.3 is 0 Å². The highest BCUT2D eigenvalue weighted by molar-refractivity contribution is 4.74. The molecule has 1 N–H and O–H groups in total. The Morgan fingerprint density at radius 3 is 2.42 bits per heavy atom. The van der Waals surface area contributed by atoms with Gasteiger partial charge in [0.15, 0.2) is 0 Å². The predicted octanol–water partition coefficient (Wildman–Crippen LogP) is 1.70. The zero-order valence-electron chi connectivity index (χ0n) is 7.72. The summed E-state index contributed by atoms with van der Waals surface area (Å²) in [7, 11) is 0. The second-order valence-electron chi connectivity index (χ2n) is 4.01. The standard InChI is InChI=1S/C10H19NO/c1-2-4-9(5-3-1)12-10-6-7-11-8-10/h9-11H,1-8H2/t10-/m0/s1. The van der Waals surface area contributed by atoms with Crippen molar-refractivity contribution < 1.29 is 4.74 Å². The van der Waals surface area contributed by atoms with E-state index in [0.717, 1.165) is 13.1 Å². The normalized spacial score (nSPS) is 32.5. The number of ether oxygens (including phenoxy) is 1. The van der Waals surface area contributed by atoms with E-state index < -0.39 is 0 Å². The van der Waals surface area contributed by atoms with Gasteiger partial charge in [0.2, 0.25) is 0 Å². The van der Waals surface area contributed by atoms with Gasteiger partial charge in [-0.1, -0.05) is 19.3 Å². The monoisotopic (exact) mass is 169 g/mol. The highest BCUT2D eigenvalue weighted by Gasteiger charge is 2.21. The Morgan fingerprint density at radius 1 is 0.917 bits per heavy atom. The zero-order chi connectivity index (χ0) is 8.23. The molecule has 2 fully saturated rings. The maximum atomic E-state index is 5.99. The highest BCUT2D eigenvalue weighted by Crippen LogP contribution is 2.22. The first kappa shape index (κ1) is 8.52. The van der Waals surface area contributed by atoms with E-state index in [9.17, 15) is 0 Å². The molecule has 0 spiro atoms. The predicted molar refractivity (Wildman–Crippen MR) is 49.2 cm³/mol. The maximum absolute atomic E-state index is 5.99. The van der Waals surface area contributed by atoms with Crippen molar-refractivity contribution in [1.82, 2.24) is 5.32 Å². The highest BCUT2D eigenvalue weighted by atomic mass is 16.5. The average Bonchev–Trinajstić information content (AvgIpc) is 2.59. The Hall–Kier alpha value is -0.0800. The van der Waals surface area contributed by atoms with Crippen molar-refractivity contribution in [3.8, 4) is 0 Å². The third-order valence-electron chi connectivity index (χ3n) is 2.95. The van der Waals surface area contributed by atoms with E-state index in [1.54, 1.807) is 0 Å². The molecule has 2 aliphatic rings. The number of hydrogen-bond acceptors (Lipinski definition) is 2. The fourth-order valence-electron chi connectivity index (χ4n) is 2.22. The Kier molecular flexibility index (Phi) is 3.01. The summed E-state index contributed by atoms with van der Waals surface area (Å²) in [5.41, 5.74) is 0. The van der Waals surface area contributed by atoms with E-state index in [2.05, 4.69) is 5.32 Å². The molecule has 2 nitrogen and oxygen atoms in total. The molecule has 1 aliphatic carbocycles. The van der Waals surface area contributed by atoms with Crippen LogP contribution in [0.2, 0.25) is 0 Å². The smallest absolute Gasteiger partial charge is 0.0715 e. The van der Waals surface area contributed by atoms with Crippen molar-refractivity contribution in [2.75, 3.05) is 13.1 Å². The average molecular weight is 169 g/mol. The van der Waals surface area contributed by atoms with E-state index in [1.807, 2.05) is 0 Å². The second kappa shape index (κ2) is 4.24. The zero-order valence-corrected chi connectivity index (χ0v) is 7.72. The van der Waals surface area contributed by atoms with Gasteiger partial charge in [0.1, 0.15) is 0 Å². The molecule has 1 atom stereocenters. The molecule has 0 bridgehead atoms. The summed E-state index contributed by atoms with van der Waals surface area (Å²) in [6, 6.07) is 0. The summed E-state index contributed by atoms with van der Waals surface area (Å²) in [4.78, 5) is 0. The van der Waals surface area contributed by atoms with Gasteiger partial charge in [-0.3, -0.25) is 0 Å². The quantitative estimate of drug-likeness (QED) is 0.679. The molecule has 0 amide bonds. The first-order chi connectivity index (χ1) is 5.95. The van der Waals surface area contributed by atoms with Crippen LogP contribution >= 0.6 is 0 Å². The van der Waals surface area contributed by atoms with Crippen molar-refractivity contribution in [2.24, 2.45) is 0 Å². The minimum atomic E-state index is 0.521. The molecule has 0 radical (unpaired) electrons. The maximum Gasteiger partial charge on any atom is 0.0715 e. The van der Waals surface area contributed by atoms with Crippen LogP contribution in [0.4, 0.5) is 0 Å². The fourth-order valence-corrected chi connectivity index (χ4v) is 2.22. The van der Waals surface area contributed by atoms with Crippen molar-refractivity contribution in [1.29, 1.82) is 0 Å².